The third-order valence-electron chi connectivity index (χ3n) is 3.54. The van der Waals surface area contributed by atoms with Crippen LogP contribution in [-0.4, -0.2) is 11.6 Å². The van der Waals surface area contributed by atoms with Gasteiger partial charge in [-0.15, -0.1) is 0 Å². The molecule has 1 aromatic rings. The summed E-state index contributed by atoms with van der Waals surface area (Å²) in [6.45, 7) is 10.1. The fraction of sp³-hybridized carbons (Fsp3) is 0.562. The second kappa shape index (κ2) is 4.87. The Kier molecular flexibility index (Phi) is 3.57. The van der Waals surface area contributed by atoms with Gasteiger partial charge in [-0.25, -0.2) is 0 Å². The van der Waals surface area contributed by atoms with E-state index in [1.54, 1.807) is 6.07 Å². The maximum Gasteiger partial charge on any atom is 0.308 e. The van der Waals surface area contributed by atoms with Crippen LogP contribution in [0.3, 0.4) is 0 Å². The van der Waals surface area contributed by atoms with Gasteiger partial charge in [0, 0.05) is 12.5 Å². The fourth-order valence-electron chi connectivity index (χ4n) is 2.71. The molecule has 0 bridgehead atoms. The monoisotopic (exact) mass is 262 g/mol. The van der Waals surface area contributed by atoms with Gasteiger partial charge < -0.3 is 9.47 Å². The summed E-state index contributed by atoms with van der Waals surface area (Å²) >= 11 is 0. The van der Waals surface area contributed by atoms with Crippen LogP contribution in [0.5, 0.6) is 11.5 Å². The highest BCUT2D eigenvalue weighted by molar-refractivity contribution is 5.69. The van der Waals surface area contributed by atoms with E-state index in [2.05, 4.69) is 27.7 Å². The molecule has 1 aromatic carbocycles. The molecule has 19 heavy (non-hydrogen) atoms. The van der Waals surface area contributed by atoms with Gasteiger partial charge in [-0.3, -0.25) is 4.79 Å². The first kappa shape index (κ1) is 13.9. The third kappa shape index (κ3) is 3.09. The predicted octanol–water partition coefficient (Wildman–Crippen LogP) is 3.91. The summed E-state index contributed by atoms with van der Waals surface area (Å²) in [5, 5.41) is 0. The number of hydrogen-bond acceptors (Lipinski definition) is 3. The zero-order valence-corrected chi connectivity index (χ0v) is 12.3. The summed E-state index contributed by atoms with van der Waals surface area (Å²) in [4.78, 5) is 11.0. The smallest absolute Gasteiger partial charge is 0.308 e. The van der Waals surface area contributed by atoms with Crippen LogP contribution in [0.4, 0.5) is 0 Å². The van der Waals surface area contributed by atoms with Gasteiger partial charge in [0.05, 0.1) is 0 Å². The fourth-order valence-corrected chi connectivity index (χ4v) is 2.71. The van der Waals surface area contributed by atoms with Crippen LogP contribution in [-0.2, 0) is 4.79 Å². The van der Waals surface area contributed by atoms with Crippen LogP contribution >= 0.6 is 0 Å². The molecule has 1 atom stereocenters. The molecule has 1 aliphatic rings. The molecule has 0 aliphatic carbocycles. The highest BCUT2D eigenvalue weighted by atomic mass is 16.5. The quantitative estimate of drug-likeness (QED) is 0.598. The third-order valence-corrected chi connectivity index (χ3v) is 3.54. The van der Waals surface area contributed by atoms with Gasteiger partial charge in [0.1, 0.15) is 17.1 Å². The minimum atomic E-state index is -0.293. The normalized spacial score (nSPS) is 20.6. The number of ether oxygens (including phenoxy) is 2. The van der Waals surface area contributed by atoms with Gasteiger partial charge in [-0.1, -0.05) is 13.8 Å². The van der Waals surface area contributed by atoms with Crippen molar-refractivity contribution in [3.63, 3.8) is 0 Å². The Hall–Kier alpha value is -1.51. The van der Waals surface area contributed by atoms with Gasteiger partial charge in [-0.05, 0) is 50.3 Å². The highest BCUT2D eigenvalue weighted by Gasteiger charge is 2.35. The van der Waals surface area contributed by atoms with Gasteiger partial charge >= 0.3 is 5.97 Å². The summed E-state index contributed by atoms with van der Waals surface area (Å²) in [6.07, 6.45) is 0.973. The first-order chi connectivity index (χ1) is 8.78. The van der Waals surface area contributed by atoms with Crippen molar-refractivity contribution in [2.45, 2.75) is 52.6 Å². The molecule has 3 heteroatoms. The Labute approximate surface area is 114 Å². The second-order valence-corrected chi connectivity index (χ2v) is 6.21. The van der Waals surface area contributed by atoms with Gasteiger partial charge in [0.15, 0.2) is 0 Å². The van der Waals surface area contributed by atoms with E-state index in [1.807, 2.05) is 12.1 Å². The molecule has 3 nitrogen and oxygen atoms in total. The Bertz CT molecular complexity index is 489. The Morgan fingerprint density at radius 1 is 1.42 bits per heavy atom. The number of fused-ring (bicyclic) bond motifs is 1. The Balaban J connectivity index is 2.40. The number of hydrogen-bond donors (Lipinski definition) is 0. The van der Waals surface area contributed by atoms with Crippen molar-refractivity contribution in [1.82, 2.24) is 0 Å². The molecule has 2 rings (SSSR count). The number of carbonyl (C=O) groups excluding carboxylic acids is 1. The molecule has 0 aromatic heterocycles. The van der Waals surface area contributed by atoms with Crippen molar-refractivity contribution >= 4 is 5.97 Å². The number of rotatable bonds is 2. The lowest BCUT2D eigenvalue weighted by Crippen LogP contribution is -2.36. The lowest BCUT2D eigenvalue weighted by Gasteiger charge is -2.39. The molecule has 1 aliphatic heterocycles. The molecule has 0 radical (unpaired) electrons. The van der Waals surface area contributed by atoms with E-state index in [1.165, 1.54) is 6.92 Å². The minimum absolute atomic E-state index is 0.148. The van der Waals surface area contributed by atoms with E-state index < -0.39 is 0 Å². The number of esters is 1. The zero-order chi connectivity index (χ0) is 14.2. The summed E-state index contributed by atoms with van der Waals surface area (Å²) < 4.78 is 11.2. The zero-order valence-electron chi connectivity index (χ0n) is 12.3. The summed E-state index contributed by atoms with van der Waals surface area (Å²) in [5.41, 5.74) is 0.998. The molecule has 0 saturated heterocycles. The van der Waals surface area contributed by atoms with Gasteiger partial charge in [0.2, 0.25) is 0 Å². The molecule has 0 fully saturated rings. The van der Waals surface area contributed by atoms with E-state index in [9.17, 15) is 4.79 Å². The van der Waals surface area contributed by atoms with Crippen LogP contribution in [0.1, 0.15) is 52.5 Å². The van der Waals surface area contributed by atoms with E-state index in [0.29, 0.717) is 17.6 Å². The van der Waals surface area contributed by atoms with Crippen LogP contribution in [0.15, 0.2) is 18.2 Å². The topological polar surface area (TPSA) is 35.5 Å². The van der Waals surface area contributed by atoms with Crippen molar-refractivity contribution in [3.05, 3.63) is 23.8 Å². The first-order valence-corrected chi connectivity index (χ1v) is 6.80. The first-order valence-electron chi connectivity index (χ1n) is 6.80. The summed E-state index contributed by atoms with van der Waals surface area (Å²) in [5.74, 6) is 2.16. The predicted molar refractivity (Wildman–Crippen MR) is 74.7 cm³/mol. The van der Waals surface area contributed by atoms with Crippen LogP contribution < -0.4 is 9.47 Å². The molecule has 0 amide bonds. The molecule has 104 valence electrons. The van der Waals surface area contributed by atoms with E-state index >= 15 is 0 Å². The number of carbonyl (C=O) groups is 1. The Morgan fingerprint density at radius 3 is 2.68 bits per heavy atom. The van der Waals surface area contributed by atoms with Gasteiger partial charge in [0.25, 0.3) is 0 Å². The van der Waals surface area contributed by atoms with Crippen molar-refractivity contribution in [2.24, 2.45) is 5.92 Å². The molecule has 0 N–H and O–H groups in total. The summed E-state index contributed by atoms with van der Waals surface area (Å²) in [6, 6.07) is 5.64. The molecular formula is C16H22O3. The van der Waals surface area contributed by atoms with Crippen molar-refractivity contribution < 1.29 is 14.3 Å². The van der Waals surface area contributed by atoms with Crippen molar-refractivity contribution in [2.75, 3.05) is 0 Å². The highest BCUT2D eigenvalue weighted by Crippen LogP contribution is 2.45. The molecular weight excluding hydrogens is 240 g/mol. The average molecular weight is 262 g/mol. The lowest BCUT2D eigenvalue weighted by molar-refractivity contribution is -0.131. The van der Waals surface area contributed by atoms with Crippen LogP contribution in [0.2, 0.25) is 0 Å². The second-order valence-electron chi connectivity index (χ2n) is 6.21. The molecule has 0 saturated carbocycles. The van der Waals surface area contributed by atoms with Crippen LogP contribution in [0.25, 0.3) is 0 Å². The van der Waals surface area contributed by atoms with E-state index in [0.717, 1.165) is 17.7 Å². The number of benzene rings is 1. The maximum atomic E-state index is 11.0. The van der Waals surface area contributed by atoms with Crippen molar-refractivity contribution in [1.29, 1.82) is 0 Å². The lowest BCUT2D eigenvalue weighted by atomic mass is 9.78. The Morgan fingerprint density at radius 2 is 2.11 bits per heavy atom. The maximum absolute atomic E-state index is 11.0. The average Bonchev–Trinajstić information content (AvgIpc) is 2.26. The van der Waals surface area contributed by atoms with Gasteiger partial charge in [-0.2, -0.15) is 0 Å². The standard InChI is InChI=1S/C16H22O3/c1-10(2)14-9-16(4,5)19-15-7-6-12(8-13(14)15)18-11(3)17/h6-8,10,14H,9H2,1-5H3. The van der Waals surface area contributed by atoms with Crippen LogP contribution in [0, 0.1) is 5.92 Å². The molecule has 1 unspecified atom stereocenters. The minimum Gasteiger partial charge on any atom is -0.488 e. The SMILES string of the molecule is CC(=O)Oc1ccc2c(c1)C(C(C)C)CC(C)(C)O2. The molecule has 1 heterocycles. The molecule has 0 spiro atoms. The largest absolute Gasteiger partial charge is 0.488 e. The van der Waals surface area contributed by atoms with E-state index in [-0.39, 0.29) is 11.6 Å². The van der Waals surface area contributed by atoms with E-state index in [4.69, 9.17) is 9.47 Å². The van der Waals surface area contributed by atoms with Crippen molar-refractivity contribution in [3.8, 4) is 11.5 Å². The summed E-state index contributed by atoms with van der Waals surface area (Å²) in [7, 11) is 0.